The van der Waals surface area contributed by atoms with Gasteiger partial charge in [0, 0.05) is 22.3 Å². The molecule has 0 fully saturated rings. The number of nitrogens with one attached hydrogen (secondary N) is 1. The SMILES string of the molecule is COc1cccc(NC(=O)c2cc(-c3cccc(Cl)c3)ncn2)c1. The number of carbonyl (C=O) groups excluding carboxylic acids is 1. The summed E-state index contributed by atoms with van der Waals surface area (Å²) in [6, 6.07) is 16.0. The van der Waals surface area contributed by atoms with Crippen molar-refractivity contribution < 1.29 is 9.53 Å². The van der Waals surface area contributed by atoms with Crippen molar-refractivity contribution in [1.82, 2.24) is 9.97 Å². The Morgan fingerprint density at radius 1 is 1.08 bits per heavy atom. The molecule has 0 saturated carbocycles. The van der Waals surface area contributed by atoms with E-state index in [0.29, 0.717) is 22.2 Å². The van der Waals surface area contributed by atoms with Crippen LogP contribution < -0.4 is 10.1 Å². The zero-order valence-electron chi connectivity index (χ0n) is 12.9. The maximum absolute atomic E-state index is 12.4. The fraction of sp³-hybridized carbons (Fsp3) is 0.0556. The molecule has 6 heteroatoms. The first-order valence-electron chi connectivity index (χ1n) is 7.19. The lowest BCUT2D eigenvalue weighted by Crippen LogP contribution is -2.14. The number of carbonyl (C=O) groups is 1. The Morgan fingerprint density at radius 2 is 1.92 bits per heavy atom. The van der Waals surface area contributed by atoms with Crippen molar-refractivity contribution in [1.29, 1.82) is 0 Å². The number of ether oxygens (including phenoxy) is 1. The Kier molecular flexibility index (Phi) is 4.72. The average molecular weight is 340 g/mol. The lowest BCUT2D eigenvalue weighted by Gasteiger charge is -2.07. The topological polar surface area (TPSA) is 64.1 Å². The van der Waals surface area contributed by atoms with E-state index in [4.69, 9.17) is 16.3 Å². The standard InChI is InChI=1S/C18H14ClN3O2/c1-24-15-7-3-6-14(9-15)22-18(23)17-10-16(20-11-21-17)12-4-2-5-13(19)8-12/h2-11H,1H3,(H,22,23). The zero-order chi connectivity index (χ0) is 16.9. The molecule has 0 atom stereocenters. The predicted octanol–water partition coefficient (Wildman–Crippen LogP) is 4.06. The molecule has 0 saturated heterocycles. The summed E-state index contributed by atoms with van der Waals surface area (Å²) in [7, 11) is 1.57. The van der Waals surface area contributed by atoms with Gasteiger partial charge in [0.1, 0.15) is 17.8 Å². The van der Waals surface area contributed by atoms with E-state index in [0.717, 1.165) is 5.56 Å². The number of rotatable bonds is 4. The van der Waals surface area contributed by atoms with Gasteiger partial charge < -0.3 is 10.1 Å². The number of amides is 1. The molecule has 3 rings (SSSR count). The maximum Gasteiger partial charge on any atom is 0.274 e. The Bertz CT molecular complexity index is 883. The van der Waals surface area contributed by atoms with E-state index in [1.54, 1.807) is 49.6 Å². The molecular formula is C18H14ClN3O2. The minimum atomic E-state index is -0.325. The van der Waals surface area contributed by atoms with Gasteiger partial charge in [0.2, 0.25) is 0 Å². The molecule has 0 spiro atoms. The third-order valence-corrected chi connectivity index (χ3v) is 3.58. The van der Waals surface area contributed by atoms with Gasteiger partial charge in [0.25, 0.3) is 5.91 Å². The third kappa shape index (κ3) is 3.70. The number of hydrogen-bond acceptors (Lipinski definition) is 4. The fourth-order valence-electron chi connectivity index (χ4n) is 2.18. The van der Waals surface area contributed by atoms with Crippen LogP contribution in [0.3, 0.4) is 0 Å². The van der Waals surface area contributed by atoms with Crippen LogP contribution in [0.2, 0.25) is 5.02 Å². The summed E-state index contributed by atoms with van der Waals surface area (Å²) in [6.07, 6.45) is 1.36. The van der Waals surface area contributed by atoms with Crippen LogP contribution in [0.25, 0.3) is 11.3 Å². The summed E-state index contributed by atoms with van der Waals surface area (Å²) in [5.41, 5.74) is 2.34. The summed E-state index contributed by atoms with van der Waals surface area (Å²) in [5, 5.41) is 3.39. The largest absolute Gasteiger partial charge is 0.497 e. The Morgan fingerprint density at radius 3 is 2.71 bits per heavy atom. The van der Waals surface area contributed by atoms with Crippen LogP contribution in [0.15, 0.2) is 60.9 Å². The van der Waals surface area contributed by atoms with Crippen molar-refractivity contribution in [3.05, 3.63) is 71.6 Å². The van der Waals surface area contributed by atoms with Gasteiger partial charge in [-0.25, -0.2) is 9.97 Å². The number of hydrogen-bond donors (Lipinski definition) is 1. The van der Waals surface area contributed by atoms with Gasteiger partial charge in [-0.05, 0) is 30.3 Å². The van der Waals surface area contributed by atoms with Crippen molar-refractivity contribution in [3.8, 4) is 17.0 Å². The Balaban J connectivity index is 1.84. The Hall–Kier alpha value is -2.92. The maximum atomic E-state index is 12.4. The highest BCUT2D eigenvalue weighted by Crippen LogP contribution is 2.22. The highest BCUT2D eigenvalue weighted by molar-refractivity contribution is 6.30. The van der Waals surface area contributed by atoms with E-state index in [2.05, 4.69) is 15.3 Å². The summed E-state index contributed by atoms with van der Waals surface area (Å²) >= 11 is 6.00. The van der Waals surface area contributed by atoms with Gasteiger partial charge in [-0.1, -0.05) is 29.8 Å². The number of methoxy groups -OCH3 is 1. The minimum absolute atomic E-state index is 0.266. The van der Waals surface area contributed by atoms with E-state index in [1.165, 1.54) is 6.33 Å². The number of halogens is 1. The number of nitrogens with zero attached hydrogens (tertiary/aromatic N) is 2. The smallest absolute Gasteiger partial charge is 0.274 e. The van der Waals surface area contributed by atoms with Gasteiger partial charge in [0.05, 0.1) is 12.8 Å². The monoisotopic (exact) mass is 339 g/mol. The van der Waals surface area contributed by atoms with E-state index in [-0.39, 0.29) is 11.6 Å². The molecule has 5 nitrogen and oxygen atoms in total. The number of anilines is 1. The molecule has 1 aromatic heterocycles. The molecule has 3 aromatic rings. The van der Waals surface area contributed by atoms with Crippen LogP contribution >= 0.6 is 11.6 Å². The molecule has 120 valence electrons. The summed E-state index contributed by atoms with van der Waals surface area (Å²) in [6.45, 7) is 0. The summed E-state index contributed by atoms with van der Waals surface area (Å²) in [4.78, 5) is 20.6. The fourth-order valence-corrected chi connectivity index (χ4v) is 2.37. The first kappa shape index (κ1) is 16.0. The van der Waals surface area contributed by atoms with Crippen LogP contribution in [0.5, 0.6) is 5.75 Å². The van der Waals surface area contributed by atoms with Gasteiger partial charge in [-0.3, -0.25) is 4.79 Å². The second-order valence-electron chi connectivity index (χ2n) is 4.98. The highest BCUT2D eigenvalue weighted by atomic mass is 35.5. The second-order valence-corrected chi connectivity index (χ2v) is 5.42. The number of aromatic nitrogens is 2. The van der Waals surface area contributed by atoms with Crippen molar-refractivity contribution in [3.63, 3.8) is 0 Å². The normalized spacial score (nSPS) is 10.2. The minimum Gasteiger partial charge on any atom is -0.497 e. The molecular weight excluding hydrogens is 326 g/mol. The van der Waals surface area contributed by atoms with Crippen LogP contribution in [0.1, 0.15) is 10.5 Å². The summed E-state index contributed by atoms with van der Waals surface area (Å²) < 4.78 is 5.14. The molecule has 0 unspecified atom stereocenters. The molecule has 0 aliphatic carbocycles. The van der Waals surface area contributed by atoms with Gasteiger partial charge >= 0.3 is 0 Å². The summed E-state index contributed by atoms with van der Waals surface area (Å²) in [5.74, 6) is 0.337. The van der Waals surface area contributed by atoms with E-state index in [9.17, 15) is 4.79 Å². The van der Waals surface area contributed by atoms with Crippen molar-refractivity contribution in [2.45, 2.75) is 0 Å². The molecule has 24 heavy (non-hydrogen) atoms. The van der Waals surface area contributed by atoms with E-state index < -0.39 is 0 Å². The molecule has 0 bridgehead atoms. The zero-order valence-corrected chi connectivity index (χ0v) is 13.6. The van der Waals surface area contributed by atoms with Crippen molar-refractivity contribution in [2.24, 2.45) is 0 Å². The van der Waals surface area contributed by atoms with E-state index in [1.807, 2.05) is 12.1 Å². The van der Waals surface area contributed by atoms with Crippen LogP contribution in [-0.2, 0) is 0 Å². The highest BCUT2D eigenvalue weighted by Gasteiger charge is 2.11. The quantitative estimate of drug-likeness (QED) is 0.778. The van der Waals surface area contributed by atoms with Gasteiger partial charge in [-0.15, -0.1) is 0 Å². The molecule has 0 aliphatic heterocycles. The molecule has 1 heterocycles. The molecule has 1 amide bonds. The number of benzene rings is 2. The first-order chi connectivity index (χ1) is 11.7. The van der Waals surface area contributed by atoms with Crippen molar-refractivity contribution >= 4 is 23.2 Å². The van der Waals surface area contributed by atoms with Gasteiger partial charge in [-0.2, -0.15) is 0 Å². The van der Waals surface area contributed by atoms with Crippen LogP contribution in [0.4, 0.5) is 5.69 Å². The Labute approximate surface area is 144 Å². The lowest BCUT2D eigenvalue weighted by atomic mass is 10.1. The average Bonchev–Trinajstić information content (AvgIpc) is 2.62. The molecule has 0 aliphatic rings. The second kappa shape index (κ2) is 7.10. The lowest BCUT2D eigenvalue weighted by molar-refractivity contribution is 0.102. The van der Waals surface area contributed by atoms with Gasteiger partial charge in [0.15, 0.2) is 0 Å². The third-order valence-electron chi connectivity index (χ3n) is 3.35. The first-order valence-corrected chi connectivity index (χ1v) is 7.57. The van der Waals surface area contributed by atoms with Crippen LogP contribution in [0, 0.1) is 0 Å². The van der Waals surface area contributed by atoms with Crippen molar-refractivity contribution in [2.75, 3.05) is 12.4 Å². The predicted molar refractivity (Wildman–Crippen MR) is 93.4 cm³/mol. The molecule has 0 radical (unpaired) electrons. The molecule has 1 N–H and O–H groups in total. The van der Waals surface area contributed by atoms with Crippen LogP contribution in [-0.4, -0.2) is 23.0 Å². The molecule has 2 aromatic carbocycles. The van der Waals surface area contributed by atoms with E-state index >= 15 is 0 Å².